The molecular weight excluding hydrogens is 210 g/mol. The van der Waals surface area contributed by atoms with Gasteiger partial charge in [0.25, 0.3) is 0 Å². The first kappa shape index (κ1) is 12.0. The largest absolute Gasteiger partial charge is 0.378 e. The Balaban J connectivity index is 2.38. The number of nitrogens with two attached hydrogens (primary N) is 1. The van der Waals surface area contributed by atoms with Gasteiger partial charge in [0.2, 0.25) is 0 Å². The van der Waals surface area contributed by atoms with Crippen LogP contribution >= 0.6 is 0 Å². The molecule has 1 aromatic carbocycles. The number of benzene rings is 1. The number of H-pyrrole nitrogens is 1. The molecule has 0 radical (unpaired) electrons. The van der Waals surface area contributed by atoms with E-state index in [1.54, 1.807) is 0 Å². The minimum atomic E-state index is 0.0183. The van der Waals surface area contributed by atoms with Crippen molar-refractivity contribution < 1.29 is 0 Å². The third kappa shape index (κ3) is 2.44. The van der Waals surface area contributed by atoms with Gasteiger partial charge in [0.05, 0.1) is 5.69 Å². The van der Waals surface area contributed by atoms with E-state index in [9.17, 15) is 0 Å². The van der Waals surface area contributed by atoms with Crippen LogP contribution in [0.25, 0.3) is 10.9 Å². The third-order valence-corrected chi connectivity index (χ3v) is 3.13. The fraction of sp³-hybridized carbons (Fsp3) is 0.429. The lowest BCUT2D eigenvalue weighted by Gasteiger charge is -2.27. The van der Waals surface area contributed by atoms with Gasteiger partial charge in [-0.3, -0.25) is 0 Å². The van der Waals surface area contributed by atoms with Gasteiger partial charge in [-0.05, 0) is 39.8 Å². The quantitative estimate of drug-likeness (QED) is 0.757. The van der Waals surface area contributed by atoms with E-state index in [1.807, 2.05) is 6.07 Å². The summed E-state index contributed by atoms with van der Waals surface area (Å²) in [6.45, 7) is 7.16. The number of hydrogen-bond acceptors (Lipinski definition) is 2. The standard InChI is InChI=1S/C14H21N3/c1-10-13(17-14(2,3)8-9-15)11-6-4-5-7-12(11)16-10/h4-7,16-17H,8-9,15H2,1-3H3. The lowest BCUT2D eigenvalue weighted by Crippen LogP contribution is -2.33. The highest BCUT2D eigenvalue weighted by atomic mass is 15.0. The van der Waals surface area contributed by atoms with Gasteiger partial charge in [-0.2, -0.15) is 0 Å². The Labute approximate surface area is 102 Å². The van der Waals surface area contributed by atoms with E-state index in [4.69, 9.17) is 5.73 Å². The van der Waals surface area contributed by atoms with Crippen LogP contribution in [0, 0.1) is 6.92 Å². The van der Waals surface area contributed by atoms with Gasteiger partial charge in [0, 0.05) is 22.1 Å². The lowest BCUT2D eigenvalue weighted by molar-refractivity contribution is 0.527. The molecule has 0 saturated carbocycles. The minimum absolute atomic E-state index is 0.0183. The predicted octanol–water partition coefficient (Wildman–Crippen LogP) is 3.02. The van der Waals surface area contributed by atoms with E-state index in [0.717, 1.165) is 6.42 Å². The van der Waals surface area contributed by atoms with E-state index in [-0.39, 0.29) is 5.54 Å². The van der Waals surface area contributed by atoms with Crippen molar-refractivity contribution >= 4 is 16.6 Å². The second-order valence-electron chi connectivity index (χ2n) is 5.22. The molecule has 3 nitrogen and oxygen atoms in total. The summed E-state index contributed by atoms with van der Waals surface area (Å²) in [5.41, 5.74) is 9.21. The van der Waals surface area contributed by atoms with Crippen LogP contribution in [0.1, 0.15) is 26.0 Å². The van der Waals surface area contributed by atoms with Gasteiger partial charge in [0.15, 0.2) is 0 Å². The molecule has 0 fully saturated rings. The van der Waals surface area contributed by atoms with Gasteiger partial charge in [-0.25, -0.2) is 0 Å². The average molecular weight is 231 g/mol. The Bertz CT molecular complexity index is 511. The molecule has 0 bridgehead atoms. The van der Waals surface area contributed by atoms with Crippen molar-refractivity contribution in [3.8, 4) is 0 Å². The molecule has 3 heteroatoms. The van der Waals surface area contributed by atoms with Crippen molar-refractivity contribution in [3.05, 3.63) is 30.0 Å². The molecule has 0 saturated heterocycles. The summed E-state index contributed by atoms with van der Waals surface area (Å²) in [5, 5.41) is 4.84. The Morgan fingerprint density at radius 1 is 1.29 bits per heavy atom. The molecule has 1 aromatic heterocycles. The lowest BCUT2D eigenvalue weighted by atomic mass is 10.00. The van der Waals surface area contributed by atoms with Crippen LogP contribution in [0.5, 0.6) is 0 Å². The first-order chi connectivity index (χ1) is 8.03. The smallest absolute Gasteiger partial charge is 0.0632 e. The van der Waals surface area contributed by atoms with Crippen LogP contribution in [0.4, 0.5) is 5.69 Å². The summed E-state index contributed by atoms with van der Waals surface area (Å²) in [5.74, 6) is 0. The molecule has 0 spiro atoms. The summed E-state index contributed by atoms with van der Waals surface area (Å²) in [6.07, 6.45) is 0.950. The number of aryl methyl sites for hydroxylation is 1. The van der Waals surface area contributed by atoms with Crippen molar-refractivity contribution in [1.29, 1.82) is 0 Å². The summed E-state index contributed by atoms with van der Waals surface area (Å²) in [6, 6.07) is 8.35. The molecule has 0 atom stereocenters. The Hall–Kier alpha value is -1.48. The normalized spacial score (nSPS) is 12.0. The number of rotatable bonds is 4. The first-order valence-corrected chi connectivity index (χ1v) is 6.09. The van der Waals surface area contributed by atoms with Crippen molar-refractivity contribution in [2.45, 2.75) is 32.7 Å². The summed E-state index contributed by atoms with van der Waals surface area (Å²) < 4.78 is 0. The second-order valence-corrected chi connectivity index (χ2v) is 5.22. The topological polar surface area (TPSA) is 53.8 Å². The van der Waals surface area contributed by atoms with E-state index in [1.165, 1.54) is 22.3 Å². The van der Waals surface area contributed by atoms with Crippen molar-refractivity contribution in [2.24, 2.45) is 5.73 Å². The number of fused-ring (bicyclic) bond motifs is 1. The highest BCUT2D eigenvalue weighted by Gasteiger charge is 2.19. The molecule has 4 N–H and O–H groups in total. The number of para-hydroxylation sites is 1. The Morgan fingerprint density at radius 2 is 2.00 bits per heavy atom. The van der Waals surface area contributed by atoms with Crippen LogP contribution in [0.2, 0.25) is 0 Å². The predicted molar refractivity (Wildman–Crippen MR) is 74.4 cm³/mol. The second kappa shape index (κ2) is 4.41. The zero-order chi connectivity index (χ0) is 12.5. The summed E-state index contributed by atoms with van der Waals surface area (Å²) in [7, 11) is 0. The molecule has 0 aliphatic carbocycles. The highest BCUT2D eigenvalue weighted by molar-refractivity contribution is 5.94. The van der Waals surface area contributed by atoms with Crippen LogP contribution in [-0.4, -0.2) is 17.1 Å². The number of anilines is 1. The van der Waals surface area contributed by atoms with Gasteiger partial charge >= 0.3 is 0 Å². The molecule has 0 aliphatic rings. The van der Waals surface area contributed by atoms with Crippen LogP contribution in [0.15, 0.2) is 24.3 Å². The first-order valence-electron chi connectivity index (χ1n) is 6.09. The molecular formula is C14H21N3. The summed E-state index contributed by atoms with van der Waals surface area (Å²) >= 11 is 0. The van der Waals surface area contributed by atoms with Crippen LogP contribution < -0.4 is 11.1 Å². The van der Waals surface area contributed by atoms with Crippen LogP contribution in [0.3, 0.4) is 0 Å². The van der Waals surface area contributed by atoms with Gasteiger partial charge in [-0.15, -0.1) is 0 Å². The monoisotopic (exact) mass is 231 g/mol. The minimum Gasteiger partial charge on any atom is -0.378 e. The summed E-state index contributed by atoms with van der Waals surface area (Å²) in [4.78, 5) is 3.40. The molecule has 1 heterocycles. The van der Waals surface area contributed by atoms with Gasteiger partial charge in [-0.1, -0.05) is 18.2 Å². The van der Waals surface area contributed by atoms with Gasteiger partial charge in [0.1, 0.15) is 0 Å². The maximum Gasteiger partial charge on any atom is 0.0632 e. The maximum atomic E-state index is 5.65. The maximum absolute atomic E-state index is 5.65. The number of hydrogen-bond donors (Lipinski definition) is 3. The molecule has 17 heavy (non-hydrogen) atoms. The number of aromatic amines is 1. The van der Waals surface area contributed by atoms with Crippen molar-refractivity contribution in [3.63, 3.8) is 0 Å². The van der Waals surface area contributed by atoms with E-state index >= 15 is 0 Å². The molecule has 2 rings (SSSR count). The number of aromatic nitrogens is 1. The van der Waals surface area contributed by atoms with Crippen molar-refractivity contribution in [1.82, 2.24) is 4.98 Å². The van der Waals surface area contributed by atoms with Crippen LogP contribution in [-0.2, 0) is 0 Å². The molecule has 92 valence electrons. The van der Waals surface area contributed by atoms with E-state index in [0.29, 0.717) is 6.54 Å². The molecule has 2 aromatic rings. The number of nitrogens with one attached hydrogen (secondary N) is 2. The fourth-order valence-corrected chi connectivity index (χ4v) is 2.20. The van der Waals surface area contributed by atoms with E-state index < -0.39 is 0 Å². The van der Waals surface area contributed by atoms with Crippen molar-refractivity contribution in [2.75, 3.05) is 11.9 Å². The van der Waals surface area contributed by atoms with E-state index in [2.05, 4.69) is 49.3 Å². The third-order valence-electron chi connectivity index (χ3n) is 3.13. The highest BCUT2D eigenvalue weighted by Crippen LogP contribution is 2.30. The SMILES string of the molecule is Cc1[nH]c2ccccc2c1NC(C)(C)CCN. The van der Waals surface area contributed by atoms with Gasteiger partial charge < -0.3 is 16.0 Å². The average Bonchev–Trinajstić information content (AvgIpc) is 2.55. The Morgan fingerprint density at radius 3 is 2.71 bits per heavy atom. The molecule has 0 unspecified atom stereocenters. The zero-order valence-electron chi connectivity index (χ0n) is 10.8. The molecule has 0 aliphatic heterocycles. The zero-order valence-corrected chi connectivity index (χ0v) is 10.8. The Kier molecular flexibility index (Phi) is 3.11. The molecule has 0 amide bonds. The fourth-order valence-electron chi connectivity index (χ4n) is 2.20.